The Labute approximate surface area is 96.6 Å². The minimum Gasteiger partial charge on any atom is -0.357 e. The molecule has 3 heteroatoms. The molecule has 0 fully saturated rings. The third-order valence-corrected chi connectivity index (χ3v) is 3.39. The number of hydrogen-bond donors (Lipinski definition) is 1. The number of rotatable bonds is 1. The van der Waals surface area contributed by atoms with E-state index in [4.69, 9.17) is 11.6 Å². The highest BCUT2D eigenvalue weighted by molar-refractivity contribution is 9.10. The van der Waals surface area contributed by atoms with Crippen molar-refractivity contribution in [2.75, 3.05) is 0 Å². The van der Waals surface area contributed by atoms with Gasteiger partial charge in [-0.05, 0) is 40.0 Å². The first kappa shape index (κ1) is 10.1. The molecule has 0 spiro atoms. The zero-order valence-electron chi connectivity index (χ0n) is 8.07. The molecule has 1 aromatic heterocycles. The van der Waals surface area contributed by atoms with Crippen molar-refractivity contribution in [1.29, 1.82) is 0 Å². The first-order chi connectivity index (χ1) is 6.59. The molecule has 0 aliphatic heterocycles. The molecular weight excluding hydrogens is 261 g/mol. The van der Waals surface area contributed by atoms with Gasteiger partial charge in [0.15, 0.2) is 0 Å². The maximum Gasteiger partial charge on any atom is 0.0468 e. The Morgan fingerprint density at radius 3 is 2.71 bits per heavy atom. The lowest BCUT2D eigenvalue weighted by molar-refractivity contribution is 0.831. The fourth-order valence-electron chi connectivity index (χ4n) is 1.55. The van der Waals surface area contributed by atoms with Gasteiger partial charge in [0, 0.05) is 26.1 Å². The van der Waals surface area contributed by atoms with Gasteiger partial charge >= 0.3 is 0 Å². The van der Waals surface area contributed by atoms with E-state index in [1.54, 1.807) is 0 Å². The summed E-state index contributed by atoms with van der Waals surface area (Å²) in [7, 11) is 0. The Morgan fingerprint density at radius 1 is 1.36 bits per heavy atom. The van der Waals surface area contributed by atoms with Gasteiger partial charge in [-0.15, -0.1) is 0 Å². The maximum atomic E-state index is 5.94. The van der Waals surface area contributed by atoms with Crippen LogP contribution in [0.15, 0.2) is 22.7 Å². The van der Waals surface area contributed by atoms with Crippen LogP contribution in [0.2, 0.25) is 5.02 Å². The summed E-state index contributed by atoms with van der Waals surface area (Å²) < 4.78 is 1.13. The first-order valence-electron chi connectivity index (χ1n) is 4.56. The molecule has 0 radical (unpaired) electrons. The Kier molecular flexibility index (Phi) is 2.58. The van der Waals surface area contributed by atoms with Crippen molar-refractivity contribution in [3.8, 4) is 0 Å². The second-order valence-electron chi connectivity index (χ2n) is 3.70. The largest absolute Gasteiger partial charge is 0.357 e. The Morgan fingerprint density at radius 2 is 2.07 bits per heavy atom. The molecule has 1 heterocycles. The van der Waals surface area contributed by atoms with Crippen LogP contribution < -0.4 is 0 Å². The molecule has 0 amide bonds. The predicted octanol–water partition coefficient (Wildman–Crippen LogP) is 4.71. The monoisotopic (exact) mass is 271 g/mol. The summed E-state index contributed by atoms with van der Waals surface area (Å²) in [6.45, 7) is 4.33. The molecule has 1 N–H and O–H groups in total. The first-order valence-corrected chi connectivity index (χ1v) is 5.73. The van der Waals surface area contributed by atoms with Crippen LogP contribution in [0.4, 0.5) is 0 Å². The summed E-state index contributed by atoms with van der Waals surface area (Å²) in [4.78, 5) is 3.38. The van der Waals surface area contributed by atoms with Crippen LogP contribution in [0.3, 0.4) is 0 Å². The summed E-state index contributed by atoms with van der Waals surface area (Å²) >= 11 is 9.54. The van der Waals surface area contributed by atoms with Gasteiger partial charge in [-0.1, -0.05) is 25.4 Å². The van der Waals surface area contributed by atoms with E-state index < -0.39 is 0 Å². The van der Waals surface area contributed by atoms with Crippen molar-refractivity contribution >= 4 is 38.4 Å². The van der Waals surface area contributed by atoms with Crippen LogP contribution in [-0.4, -0.2) is 4.98 Å². The van der Waals surface area contributed by atoms with E-state index in [0.717, 1.165) is 20.4 Å². The van der Waals surface area contributed by atoms with Gasteiger partial charge < -0.3 is 4.98 Å². The van der Waals surface area contributed by atoms with E-state index in [2.05, 4.69) is 34.8 Å². The van der Waals surface area contributed by atoms with Crippen LogP contribution in [0.5, 0.6) is 0 Å². The maximum absolute atomic E-state index is 5.94. The molecule has 14 heavy (non-hydrogen) atoms. The fraction of sp³-hybridized carbons (Fsp3) is 0.273. The van der Waals surface area contributed by atoms with E-state index in [1.807, 2.05) is 18.2 Å². The van der Waals surface area contributed by atoms with Gasteiger partial charge in [0.05, 0.1) is 0 Å². The van der Waals surface area contributed by atoms with Crippen LogP contribution in [-0.2, 0) is 0 Å². The molecule has 0 atom stereocenters. The number of H-pyrrole nitrogens is 1. The molecule has 0 saturated heterocycles. The summed E-state index contributed by atoms with van der Waals surface area (Å²) in [5, 5.41) is 1.92. The molecule has 74 valence electrons. The van der Waals surface area contributed by atoms with Gasteiger partial charge in [-0.25, -0.2) is 0 Å². The predicted molar refractivity (Wildman–Crippen MR) is 65.1 cm³/mol. The average Bonchev–Trinajstić information content (AvgIpc) is 2.44. The van der Waals surface area contributed by atoms with Gasteiger partial charge in [0.1, 0.15) is 0 Å². The van der Waals surface area contributed by atoms with Crippen LogP contribution in [0.1, 0.15) is 25.5 Å². The Bertz CT molecular complexity index is 473. The van der Waals surface area contributed by atoms with Crippen molar-refractivity contribution < 1.29 is 0 Å². The van der Waals surface area contributed by atoms with Crippen LogP contribution >= 0.6 is 27.5 Å². The zero-order valence-corrected chi connectivity index (χ0v) is 10.4. The number of benzene rings is 1. The quantitative estimate of drug-likeness (QED) is 0.774. The molecular formula is C11H11BrClN. The van der Waals surface area contributed by atoms with Gasteiger partial charge in [-0.2, -0.15) is 0 Å². The smallest absolute Gasteiger partial charge is 0.0468 e. The number of halogens is 2. The normalized spacial score (nSPS) is 11.5. The molecule has 0 bridgehead atoms. The fourth-order valence-corrected chi connectivity index (χ4v) is 2.61. The number of nitrogens with one attached hydrogen (secondary N) is 1. The van der Waals surface area contributed by atoms with Crippen LogP contribution in [0.25, 0.3) is 10.9 Å². The minimum absolute atomic E-state index is 0.482. The van der Waals surface area contributed by atoms with Crippen molar-refractivity contribution in [1.82, 2.24) is 4.98 Å². The topological polar surface area (TPSA) is 15.8 Å². The number of fused-ring (bicyclic) bond motifs is 1. The number of aromatic nitrogens is 1. The highest BCUT2D eigenvalue weighted by Crippen LogP contribution is 2.33. The molecule has 2 aromatic rings. The third kappa shape index (κ3) is 1.57. The standard InChI is InChI=1S/C11H11BrClN/c1-6(2)11-10(12)8-5-7(13)3-4-9(8)14-11/h3-6,14H,1-2H3. The number of aromatic amines is 1. The van der Waals surface area contributed by atoms with E-state index >= 15 is 0 Å². The van der Waals surface area contributed by atoms with Crippen molar-refractivity contribution in [2.24, 2.45) is 0 Å². The molecule has 1 aromatic carbocycles. The van der Waals surface area contributed by atoms with Gasteiger partial charge in [-0.3, -0.25) is 0 Å². The molecule has 1 nitrogen and oxygen atoms in total. The molecule has 0 unspecified atom stereocenters. The minimum atomic E-state index is 0.482. The van der Waals surface area contributed by atoms with Gasteiger partial charge in [0.25, 0.3) is 0 Å². The van der Waals surface area contributed by atoms with E-state index in [1.165, 1.54) is 5.69 Å². The average molecular weight is 273 g/mol. The second-order valence-corrected chi connectivity index (χ2v) is 4.93. The van der Waals surface area contributed by atoms with E-state index in [-0.39, 0.29) is 0 Å². The summed E-state index contributed by atoms with van der Waals surface area (Å²) in [5.74, 6) is 0.482. The molecule has 0 saturated carbocycles. The lowest BCUT2D eigenvalue weighted by Gasteiger charge is -2.00. The Hall–Kier alpha value is -0.470. The zero-order chi connectivity index (χ0) is 10.3. The highest BCUT2D eigenvalue weighted by atomic mass is 79.9. The summed E-state index contributed by atoms with van der Waals surface area (Å²) in [5.41, 5.74) is 2.35. The summed E-state index contributed by atoms with van der Waals surface area (Å²) in [6, 6.07) is 5.88. The van der Waals surface area contributed by atoms with Crippen molar-refractivity contribution in [3.05, 3.63) is 33.4 Å². The van der Waals surface area contributed by atoms with Crippen LogP contribution in [0, 0.1) is 0 Å². The number of hydrogen-bond acceptors (Lipinski definition) is 0. The SMILES string of the molecule is CC(C)c1[nH]c2ccc(Cl)cc2c1Br. The Balaban J connectivity index is 2.74. The van der Waals surface area contributed by atoms with Crippen molar-refractivity contribution in [3.63, 3.8) is 0 Å². The lowest BCUT2D eigenvalue weighted by Crippen LogP contribution is -1.86. The molecule has 2 rings (SSSR count). The third-order valence-electron chi connectivity index (χ3n) is 2.30. The second kappa shape index (κ2) is 3.59. The van der Waals surface area contributed by atoms with E-state index in [9.17, 15) is 0 Å². The van der Waals surface area contributed by atoms with Gasteiger partial charge in [0.2, 0.25) is 0 Å². The molecule has 0 aliphatic carbocycles. The molecule has 0 aliphatic rings. The highest BCUT2D eigenvalue weighted by Gasteiger charge is 2.11. The lowest BCUT2D eigenvalue weighted by atomic mass is 10.1. The summed E-state index contributed by atoms with van der Waals surface area (Å²) in [6.07, 6.45) is 0. The van der Waals surface area contributed by atoms with E-state index in [0.29, 0.717) is 5.92 Å². The van der Waals surface area contributed by atoms with Crippen molar-refractivity contribution in [2.45, 2.75) is 19.8 Å².